The highest BCUT2D eigenvalue weighted by Crippen LogP contribution is 2.19. The number of nitrogens with zero attached hydrogens (tertiary/aromatic N) is 4. The Kier molecular flexibility index (Phi) is 3.72. The van der Waals surface area contributed by atoms with Crippen LogP contribution in [0, 0.1) is 23.7 Å². The van der Waals surface area contributed by atoms with E-state index in [1.54, 1.807) is 24.3 Å². The van der Waals surface area contributed by atoms with E-state index in [2.05, 4.69) is 25.7 Å². The van der Waals surface area contributed by atoms with Crippen LogP contribution in [0.5, 0.6) is 0 Å². The lowest BCUT2D eigenvalue weighted by Gasteiger charge is -2.02. The lowest BCUT2D eigenvalue weighted by Crippen LogP contribution is -2.21. The van der Waals surface area contributed by atoms with E-state index in [1.165, 1.54) is 0 Å². The van der Waals surface area contributed by atoms with Crippen LogP contribution in [0.15, 0.2) is 29.4 Å². The Hall–Kier alpha value is -3.21. The molecule has 0 atom stereocenters. The average molecular weight is 268 g/mol. The summed E-state index contributed by atoms with van der Waals surface area (Å²) in [6.45, 7) is 1.81. The van der Waals surface area contributed by atoms with Gasteiger partial charge in [0.15, 0.2) is 11.7 Å². The number of hydrogen-bond acceptors (Lipinski definition) is 6. The number of aromatic amines is 1. The van der Waals surface area contributed by atoms with Crippen LogP contribution in [0.2, 0.25) is 0 Å². The van der Waals surface area contributed by atoms with E-state index in [-0.39, 0.29) is 11.5 Å². The van der Waals surface area contributed by atoms with Crippen LogP contribution in [-0.4, -0.2) is 26.7 Å². The first-order valence-electron chi connectivity index (χ1n) is 5.68. The van der Waals surface area contributed by atoms with E-state index in [0.29, 0.717) is 11.5 Å². The molecule has 0 aliphatic rings. The van der Waals surface area contributed by atoms with Crippen molar-refractivity contribution in [3.8, 4) is 17.5 Å². The molecule has 5 N–H and O–H groups in total. The van der Waals surface area contributed by atoms with Crippen molar-refractivity contribution in [3.05, 3.63) is 30.1 Å². The van der Waals surface area contributed by atoms with Crippen LogP contribution in [0.25, 0.3) is 11.4 Å². The molecule has 1 heterocycles. The number of rotatable bonds is 4. The fourth-order valence-electron chi connectivity index (χ4n) is 1.47. The number of amidine groups is 1. The van der Waals surface area contributed by atoms with E-state index in [4.69, 9.17) is 16.4 Å². The Bertz CT molecular complexity index is 706. The van der Waals surface area contributed by atoms with Crippen LogP contribution in [0.1, 0.15) is 5.82 Å². The Morgan fingerprint density at radius 2 is 2.35 bits per heavy atom. The Labute approximate surface area is 114 Å². The highest BCUT2D eigenvalue weighted by molar-refractivity contribution is 6.45. The number of hydrazone groups is 1. The van der Waals surface area contributed by atoms with Gasteiger partial charge in [0.25, 0.3) is 0 Å². The molecule has 0 unspecified atom stereocenters. The van der Waals surface area contributed by atoms with Gasteiger partial charge in [-0.25, -0.2) is 4.98 Å². The van der Waals surface area contributed by atoms with Crippen molar-refractivity contribution < 1.29 is 0 Å². The number of anilines is 1. The highest BCUT2D eigenvalue weighted by Gasteiger charge is 2.05. The third kappa shape index (κ3) is 2.97. The second-order valence-electron chi connectivity index (χ2n) is 3.92. The predicted octanol–water partition coefficient (Wildman–Crippen LogP) is 1.01. The Balaban J connectivity index is 2.23. The van der Waals surface area contributed by atoms with Gasteiger partial charge in [0.1, 0.15) is 11.9 Å². The maximum absolute atomic E-state index is 8.74. The first kappa shape index (κ1) is 13.2. The largest absolute Gasteiger partial charge is 0.382 e. The third-order valence-electron chi connectivity index (χ3n) is 2.38. The zero-order valence-electron chi connectivity index (χ0n) is 10.7. The molecule has 0 aliphatic heterocycles. The number of nitrogens with one attached hydrogen (secondary N) is 3. The van der Waals surface area contributed by atoms with E-state index in [1.807, 2.05) is 13.0 Å². The molecule has 1 aromatic heterocycles. The summed E-state index contributed by atoms with van der Waals surface area (Å²) in [5.74, 6) is 0.905. The van der Waals surface area contributed by atoms with Crippen LogP contribution in [0.4, 0.5) is 5.69 Å². The van der Waals surface area contributed by atoms with Crippen molar-refractivity contribution in [2.24, 2.45) is 10.8 Å². The van der Waals surface area contributed by atoms with Gasteiger partial charge in [-0.2, -0.15) is 15.5 Å². The Morgan fingerprint density at radius 1 is 1.55 bits per heavy atom. The molecule has 0 radical (unpaired) electrons. The lowest BCUT2D eigenvalue weighted by atomic mass is 10.2. The molecule has 0 fully saturated rings. The number of aryl methyl sites for hydroxylation is 1. The fraction of sp³-hybridized carbons (Fsp3) is 0.0833. The van der Waals surface area contributed by atoms with Gasteiger partial charge in [0.2, 0.25) is 5.71 Å². The predicted molar refractivity (Wildman–Crippen MR) is 75.1 cm³/mol. The molecule has 0 bridgehead atoms. The minimum atomic E-state index is -0.388. The van der Waals surface area contributed by atoms with Crippen LogP contribution < -0.4 is 11.2 Å². The Morgan fingerprint density at radius 3 is 2.95 bits per heavy atom. The summed E-state index contributed by atoms with van der Waals surface area (Å²) in [6.07, 6.45) is 0. The average Bonchev–Trinajstić information content (AvgIpc) is 2.86. The summed E-state index contributed by atoms with van der Waals surface area (Å²) in [5.41, 5.74) is 9.14. The van der Waals surface area contributed by atoms with Crippen molar-refractivity contribution in [2.45, 2.75) is 6.92 Å². The van der Waals surface area contributed by atoms with Gasteiger partial charge in [0, 0.05) is 5.56 Å². The smallest absolute Gasteiger partial charge is 0.201 e. The molecular formula is C12H12N8. The molecule has 100 valence electrons. The first-order chi connectivity index (χ1) is 9.60. The molecule has 8 heteroatoms. The van der Waals surface area contributed by atoms with Gasteiger partial charge in [-0.3, -0.25) is 15.9 Å². The number of H-pyrrole nitrogens is 1. The number of benzene rings is 1. The highest BCUT2D eigenvalue weighted by atomic mass is 15.3. The number of hydrogen-bond donors (Lipinski definition) is 4. The summed E-state index contributed by atoms with van der Waals surface area (Å²) in [5, 5.41) is 26.5. The molecule has 0 spiro atoms. The fourth-order valence-corrected chi connectivity index (χ4v) is 1.47. The van der Waals surface area contributed by atoms with E-state index < -0.39 is 0 Å². The molecular weight excluding hydrogens is 256 g/mol. The second kappa shape index (κ2) is 5.62. The summed E-state index contributed by atoms with van der Waals surface area (Å²) >= 11 is 0. The van der Waals surface area contributed by atoms with E-state index in [9.17, 15) is 0 Å². The van der Waals surface area contributed by atoms with Gasteiger partial charge in [-0.15, -0.1) is 0 Å². The maximum atomic E-state index is 8.74. The molecule has 2 aromatic rings. The molecule has 8 nitrogen and oxygen atoms in total. The second-order valence-corrected chi connectivity index (χ2v) is 3.92. The van der Waals surface area contributed by atoms with Gasteiger partial charge in [-0.05, 0) is 19.1 Å². The monoisotopic (exact) mass is 268 g/mol. The molecule has 20 heavy (non-hydrogen) atoms. The van der Waals surface area contributed by atoms with Gasteiger partial charge < -0.3 is 5.73 Å². The molecule has 0 saturated heterocycles. The van der Waals surface area contributed by atoms with Gasteiger partial charge in [-0.1, -0.05) is 12.1 Å². The van der Waals surface area contributed by atoms with Crippen molar-refractivity contribution in [1.82, 2.24) is 15.2 Å². The molecule has 0 saturated carbocycles. The summed E-state index contributed by atoms with van der Waals surface area (Å²) in [4.78, 5) is 4.22. The molecule has 2 rings (SSSR count). The summed E-state index contributed by atoms with van der Waals surface area (Å²) < 4.78 is 0. The molecule has 0 amide bonds. The quantitative estimate of drug-likeness (QED) is 0.372. The van der Waals surface area contributed by atoms with E-state index in [0.717, 1.165) is 11.4 Å². The number of aromatic nitrogens is 3. The third-order valence-corrected chi connectivity index (χ3v) is 2.38. The zero-order chi connectivity index (χ0) is 14.5. The minimum absolute atomic E-state index is 0.177. The van der Waals surface area contributed by atoms with Crippen LogP contribution >= 0.6 is 0 Å². The standard InChI is InChI=1S/C12H12N8/c1-7-16-12(20-17-7)8-3-2-4-9(5-8)18-19-10(6-13)11(14)15/h2-5,18H,1H3,(H3,14,15)(H,16,17,20)/b19-10+. The van der Waals surface area contributed by atoms with Crippen molar-refractivity contribution in [1.29, 1.82) is 10.7 Å². The number of nitrogens with two attached hydrogens (primary N) is 1. The van der Waals surface area contributed by atoms with E-state index >= 15 is 0 Å². The normalized spacial score (nSPS) is 10.9. The zero-order valence-corrected chi connectivity index (χ0v) is 10.7. The number of nitriles is 1. The molecule has 0 aliphatic carbocycles. The SMILES string of the molecule is Cc1nc(-c2cccc(N/N=C(\C#N)C(=N)N)c2)n[nH]1. The minimum Gasteiger partial charge on any atom is -0.382 e. The van der Waals surface area contributed by atoms with Crippen LogP contribution in [0.3, 0.4) is 0 Å². The first-order valence-corrected chi connectivity index (χ1v) is 5.68. The maximum Gasteiger partial charge on any atom is 0.201 e. The summed E-state index contributed by atoms with van der Waals surface area (Å²) in [7, 11) is 0. The van der Waals surface area contributed by atoms with Crippen LogP contribution in [-0.2, 0) is 0 Å². The van der Waals surface area contributed by atoms with Crippen molar-refractivity contribution in [3.63, 3.8) is 0 Å². The van der Waals surface area contributed by atoms with Crippen molar-refractivity contribution >= 4 is 17.2 Å². The lowest BCUT2D eigenvalue weighted by molar-refractivity contribution is 1.04. The van der Waals surface area contributed by atoms with Gasteiger partial charge >= 0.3 is 0 Å². The van der Waals surface area contributed by atoms with Crippen molar-refractivity contribution in [2.75, 3.05) is 5.43 Å². The summed E-state index contributed by atoms with van der Waals surface area (Å²) in [6, 6.07) is 8.93. The molecule has 1 aromatic carbocycles. The topological polar surface area (TPSA) is 140 Å². The van der Waals surface area contributed by atoms with Gasteiger partial charge in [0.05, 0.1) is 5.69 Å².